The van der Waals surface area contributed by atoms with E-state index < -0.39 is 18.6 Å². The predicted molar refractivity (Wildman–Crippen MR) is 105 cm³/mol. The van der Waals surface area contributed by atoms with E-state index >= 15 is 0 Å². The number of nitrogens with zero attached hydrogens (tertiary/aromatic N) is 5. The predicted octanol–water partition coefficient (Wildman–Crippen LogP) is 4.12. The third-order valence-corrected chi connectivity index (χ3v) is 5.56. The molecule has 2 atom stereocenters. The van der Waals surface area contributed by atoms with Gasteiger partial charge >= 0.3 is 6.18 Å². The van der Waals surface area contributed by atoms with E-state index in [-0.39, 0.29) is 5.92 Å². The van der Waals surface area contributed by atoms with Gasteiger partial charge in [-0.15, -0.1) is 0 Å². The van der Waals surface area contributed by atoms with Crippen molar-refractivity contribution in [3.63, 3.8) is 0 Å². The van der Waals surface area contributed by atoms with E-state index in [4.69, 9.17) is 5.26 Å². The molecule has 4 heterocycles. The molecule has 0 amide bonds. The molecule has 1 unspecified atom stereocenters. The van der Waals surface area contributed by atoms with Gasteiger partial charge in [-0.2, -0.15) is 18.4 Å². The summed E-state index contributed by atoms with van der Waals surface area (Å²) in [5, 5.41) is 8.85. The van der Waals surface area contributed by atoms with Crippen LogP contribution in [0.5, 0.6) is 0 Å². The Bertz CT molecular complexity index is 1050. The summed E-state index contributed by atoms with van der Waals surface area (Å²) >= 11 is 0. The second kappa shape index (κ2) is 8.40. The van der Waals surface area contributed by atoms with Gasteiger partial charge in [-0.1, -0.05) is 0 Å². The van der Waals surface area contributed by atoms with Crippen LogP contribution in [-0.4, -0.2) is 50.1 Å². The fourth-order valence-electron chi connectivity index (χ4n) is 4.15. The lowest BCUT2D eigenvalue weighted by Gasteiger charge is -2.38. The van der Waals surface area contributed by atoms with Gasteiger partial charge in [0.25, 0.3) is 0 Å². The van der Waals surface area contributed by atoms with Crippen molar-refractivity contribution in [2.75, 3.05) is 13.1 Å². The monoisotopic (exact) mass is 414 g/mol. The lowest BCUT2D eigenvalue weighted by atomic mass is 9.90. The Kier molecular flexibility index (Phi) is 5.68. The van der Waals surface area contributed by atoms with Gasteiger partial charge in [0.1, 0.15) is 11.6 Å². The van der Waals surface area contributed by atoms with Crippen LogP contribution in [0.2, 0.25) is 0 Å². The Morgan fingerprint density at radius 2 is 2.17 bits per heavy atom. The number of fused-ring (bicyclic) bond motifs is 1. The Morgan fingerprint density at radius 1 is 1.30 bits per heavy atom. The summed E-state index contributed by atoms with van der Waals surface area (Å²) in [6.07, 6.45) is 2.23. The van der Waals surface area contributed by atoms with Gasteiger partial charge in [0.15, 0.2) is 5.65 Å². The van der Waals surface area contributed by atoms with Crippen LogP contribution in [0.4, 0.5) is 13.2 Å². The van der Waals surface area contributed by atoms with Crippen molar-refractivity contribution in [2.24, 2.45) is 5.92 Å². The fourth-order valence-corrected chi connectivity index (χ4v) is 4.15. The highest BCUT2D eigenvalue weighted by Crippen LogP contribution is 2.32. The third kappa shape index (κ3) is 4.28. The molecule has 0 radical (unpaired) electrons. The number of nitrogens with one attached hydrogen (secondary N) is 1. The summed E-state index contributed by atoms with van der Waals surface area (Å²) in [5.41, 5.74) is 3.78. The molecule has 0 aliphatic carbocycles. The molecule has 30 heavy (non-hydrogen) atoms. The van der Waals surface area contributed by atoms with Crippen LogP contribution in [0.25, 0.3) is 22.4 Å². The Labute approximate surface area is 171 Å². The number of hydrogen-bond acceptors (Lipinski definition) is 5. The second-order valence-electron chi connectivity index (χ2n) is 7.59. The highest BCUT2D eigenvalue weighted by molar-refractivity contribution is 5.74. The van der Waals surface area contributed by atoms with Gasteiger partial charge in [0, 0.05) is 24.5 Å². The summed E-state index contributed by atoms with van der Waals surface area (Å²) in [5.74, 6) is 0.0277. The molecule has 0 spiro atoms. The molecule has 6 nitrogen and oxygen atoms in total. The molecule has 9 heteroatoms. The Balaban J connectivity index is 1.55. The van der Waals surface area contributed by atoms with Crippen molar-refractivity contribution in [1.29, 1.82) is 5.26 Å². The van der Waals surface area contributed by atoms with E-state index in [9.17, 15) is 13.2 Å². The smallest absolute Gasteiger partial charge is 0.345 e. The number of aromatic amines is 1. The first kappa shape index (κ1) is 20.3. The topological polar surface area (TPSA) is 81.5 Å². The van der Waals surface area contributed by atoms with Gasteiger partial charge in [0.05, 0.1) is 30.1 Å². The van der Waals surface area contributed by atoms with Crippen LogP contribution < -0.4 is 0 Å². The van der Waals surface area contributed by atoms with E-state index in [0.717, 1.165) is 23.2 Å². The molecular weight excluding hydrogens is 393 g/mol. The largest absolute Gasteiger partial charge is 0.405 e. The van der Waals surface area contributed by atoms with Crippen LogP contribution in [0.1, 0.15) is 25.0 Å². The molecule has 1 saturated heterocycles. The van der Waals surface area contributed by atoms with Crippen LogP contribution in [-0.2, 0) is 6.42 Å². The van der Waals surface area contributed by atoms with Gasteiger partial charge in [-0.25, -0.2) is 9.97 Å². The van der Waals surface area contributed by atoms with Crippen molar-refractivity contribution >= 4 is 11.2 Å². The number of piperidine rings is 1. The molecule has 3 aromatic heterocycles. The van der Waals surface area contributed by atoms with Crippen molar-refractivity contribution < 1.29 is 13.2 Å². The third-order valence-electron chi connectivity index (χ3n) is 5.56. The quantitative estimate of drug-likeness (QED) is 0.679. The van der Waals surface area contributed by atoms with Crippen molar-refractivity contribution in [1.82, 2.24) is 24.8 Å². The molecule has 1 aliphatic rings. The van der Waals surface area contributed by atoms with E-state index in [2.05, 4.69) is 19.9 Å². The zero-order valence-corrected chi connectivity index (χ0v) is 16.2. The maximum atomic E-state index is 13.4. The van der Waals surface area contributed by atoms with Crippen molar-refractivity contribution in [3.05, 3.63) is 42.5 Å². The lowest BCUT2D eigenvalue weighted by Crippen LogP contribution is -2.50. The van der Waals surface area contributed by atoms with Crippen LogP contribution in [0, 0.1) is 17.2 Å². The lowest BCUT2D eigenvalue weighted by molar-refractivity contribution is -0.186. The molecule has 4 rings (SSSR count). The number of hydrogen-bond donors (Lipinski definition) is 1. The molecule has 0 saturated carbocycles. The Hall–Kier alpha value is -2.99. The average molecular weight is 414 g/mol. The first-order chi connectivity index (χ1) is 14.5. The first-order valence-corrected chi connectivity index (χ1v) is 9.88. The summed E-state index contributed by atoms with van der Waals surface area (Å²) < 4.78 is 40.2. The molecule has 3 aromatic rings. The summed E-state index contributed by atoms with van der Waals surface area (Å²) in [7, 11) is 0. The number of nitriles is 1. The number of alkyl halides is 3. The summed E-state index contributed by atoms with van der Waals surface area (Å²) in [4.78, 5) is 17.9. The van der Waals surface area contributed by atoms with Gasteiger partial charge in [0.2, 0.25) is 0 Å². The molecule has 1 fully saturated rings. The molecule has 0 bridgehead atoms. The summed E-state index contributed by atoms with van der Waals surface area (Å²) in [6, 6.07) is 5.55. The molecule has 1 aliphatic heterocycles. The van der Waals surface area contributed by atoms with Gasteiger partial charge in [-0.3, -0.25) is 9.88 Å². The number of aromatic nitrogens is 4. The zero-order chi connectivity index (χ0) is 21.1. The number of rotatable bonds is 5. The highest BCUT2D eigenvalue weighted by Gasteiger charge is 2.44. The van der Waals surface area contributed by atoms with Gasteiger partial charge in [-0.05, 0) is 49.9 Å². The number of likely N-dealkylation sites (tertiary alicyclic amines) is 1. The highest BCUT2D eigenvalue weighted by atomic mass is 19.4. The van der Waals surface area contributed by atoms with Crippen LogP contribution in [0.15, 0.2) is 36.8 Å². The SMILES string of the molecule is N#CCC(N1CCC[C@H](Cc2ncccc2-c2cnc3[nH]ccc3n2)C1)C(F)(F)F. The maximum absolute atomic E-state index is 13.4. The minimum atomic E-state index is -4.41. The van der Waals surface area contributed by atoms with E-state index in [1.54, 1.807) is 24.7 Å². The minimum Gasteiger partial charge on any atom is -0.345 e. The molecule has 1 N–H and O–H groups in total. The normalized spacial score (nSPS) is 18.9. The fraction of sp³-hybridized carbons (Fsp3) is 0.429. The zero-order valence-electron chi connectivity index (χ0n) is 16.2. The summed E-state index contributed by atoms with van der Waals surface area (Å²) in [6.45, 7) is 0.650. The van der Waals surface area contributed by atoms with Crippen molar-refractivity contribution in [3.8, 4) is 17.3 Å². The van der Waals surface area contributed by atoms with Crippen molar-refractivity contribution in [2.45, 2.75) is 37.9 Å². The van der Waals surface area contributed by atoms with E-state index in [0.29, 0.717) is 37.3 Å². The van der Waals surface area contributed by atoms with Crippen LogP contribution >= 0.6 is 0 Å². The van der Waals surface area contributed by atoms with Crippen LogP contribution in [0.3, 0.4) is 0 Å². The second-order valence-corrected chi connectivity index (χ2v) is 7.59. The maximum Gasteiger partial charge on any atom is 0.405 e. The molecular formula is C21H21F3N6. The Morgan fingerprint density at radius 3 is 2.97 bits per heavy atom. The number of halogens is 3. The average Bonchev–Trinajstić information content (AvgIpc) is 3.19. The van der Waals surface area contributed by atoms with E-state index in [1.807, 2.05) is 18.2 Å². The van der Waals surface area contributed by atoms with E-state index in [1.165, 1.54) is 4.90 Å². The van der Waals surface area contributed by atoms with Gasteiger partial charge < -0.3 is 4.98 Å². The first-order valence-electron chi connectivity index (χ1n) is 9.88. The minimum absolute atomic E-state index is 0.0277. The number of pyridine rings is 1. The standard InChI is InChI=1S/C21H21F3N6/c22-21(23,24)19(5-7-25)30-10-2-3-14(13-30)11-17-15(4-1-8-26-17)18-12-28-20-16(29-18)6-9-27-20/h1,4,6,8-9,12,14,19H,2-3,5,10-11,13H2,(H,27,28)/t14-,19?/m1/s1. The molecule has 0 aromatic carbocycles. The molecule has 156 valence electrons. The number of H-pyrrole nitrogens is 1.